The van der Waals surface area contributed by atoms with E-state index in [1.165, 1.54) is 70.3 Å². The van der Waals surface area contributed by atoms with E-state index >= 15 is 0 Å². The van der Waals surface area contributed by atoms with Crippen LogP contribution in [-0.4, -0.2) is 12.8 Å². The number of halogens is 3. The van der Waals surface area contributed by atoms with Crippen molar-refractivity contribution in [1.29, 1.82) is 0 Å². The van der Waals surface area contributed by atoms with Crippen LogP contribution in [0.4, 0.5) is 13.2 Å². The molecule has 4 rings (SSSR count). The van der Waals surface area contributed by atoms with Crippen LogP contribution >= 0.6 is 0 Å². The van der Waals surface area contributed by atoms with Crippen molar-refractivity contribution in [2.45, 2.75) is 115 Å². The predicted molar refractivity (Wildman–Crippen MR) is 129 cm³/mol. The number of hydrogen-bond acceptors (Lipinski definition) is 0. The van der Waals surface area contributed by atoms with Gasteiger partial charge in [0.25, 0.3) is 0 Å². The molecule has 1 aromatic rings. The van der Waals surface area contributed by atoms with E-state index in [0.29, 0.717) is 24.7 Å². The summed E-state index contributed by atoms with van der Waals surface area (Å²) in [5, 5.41) is 0. The zero-order valence-electron chi connectivity index (χ0n) is 20.2. The zero-order valence-corrected chi connectivity index (χ0v) is 20.2. The van der Waals surface area contributed by atoms with E-state index in [4.69, 9.17) is 0 Å². The highest BCUT2D eigenvalue weighted by Gasteiger charge is 2.30. The van der Waals surface area contributed by atoms with Crippen molar-refractivity contribution in [2.75, 3.05) is 6.67 Å². The van der Waals surface area contributed by atoms with Crippen molar-refractivity contribution in [3.63, 3.8) is 0 Å². The first-order valence-corrected chi connectivity index (χ1v) is 13.5. The van der Waals surface area contributed by atoms with E-state index in [2.05, 4.69) is 6.92 Å². The lowest BCUT2D eigenvalue weighted by atomic mass is 9.68. The minimum absolute atomic E-state index is 0.0997. The minimum atomic E-state index is -0.639. The van der Waals surface area contributed by atoms with Crippen LogP contribution in [0.3, 0.4) is 0 Å². The molecule has 0 amide bonds. The quantitative estimate of drug-likeness (QED) is 0.405. The summed E-state index contributed by atoms with van der Waals surface area (Å²) in [7, 11) is 0. The standard InChI is InChI=1S/C17H31F.C12H14F2/c1-2-3-14-4-8-16(9-5-14)17-10-6-15(7-11-17)12-13-18;13-11-6-4-9(5-7-11)10-2-1-3-12(14)8-10/h14-17H,2-13H2,1H3;1-3,8-9,11H,4-7H2. The monoisotopic (exact) mass is 450 g/mol. The average molecular weight is 451 g/mol. The van der Waals surface area contributed by atoms with E-state index in [9.17, 15) is 13.2 Å². The van der Waals surface area contributed by atoms with Crippen molar-refractivity contribution in [3.8, 4) is 0 Å². The summed E-state index contributed by atoms with van der Waals surface area (Å²) < 4.78 is 38.1. The summed E-state index contributed by atoms with van der Waals surface area (Å²) in [5.74, 6) is 3.92. The van der Waals surface area contributed by atoms with E-state index in [-0.39, 0.29) is 12.5 Å². The van der Waals surface area contributed by atoms with Crippen molar-refractivity contribution in [3.05, 3.63) is 35.6 Å². The molecule has 3 aliphatic rings. The third-order valence-electron chi connectivity index (χ3n) is 8.64. The number of benzene rings is 1. The summed E-state index contributed by atoms with van der Waals surface area (Å²) in [6.45, 7) is 2.22. The lowest BCUT2D eigenvalue weighted by Gasteiger charge is -2.37. The molecular weight excluding hydrogens is 405 g/mol. The Bertz CT molecular complexity index is 597. The van der Waals surface area contributed by atoms with Crippen molar-refractivity contribution in [2.24, 2.45) is 23.7 Å². The van der Waals surface area contributed by atoms with Gasteiger partial charge in [0, 0.05) is 0 Å². The van der Waals surface area contributed by atoms with Crippen molar-refractivity contribution < 1.29 is 13.2 Å². The van der Waals surface area contributed by atoms with Gasteiger partial charge >= 0.3 is 0 Å². The lowest BCUT2D eigenvalue weighted by molar-refractivity contribution is 0.138. The Morgan fingerprint density at radius 2 is 1.31 bits per heavy atom. The van der Waals surface area contributed by atoms with Gasteiger partial charge in [-0.15, -0.1) is 0 Å². The van der Waals surface area contributed by atoms with Crippen LogP contribution in [0.25, 0.3) is 0 Å². The Morgan fingerprint density at radius 1 is 0.750 bits per heavy atom. The molecule has 3 fully saturated rings. The molecule has 32 heavy (non-hydrogen) atoms. The molecule has 0 aromatic heterocycles. The fourth-order valence-corrected chi connectivity index (χ4v) is 6.61. The second-order valence-electron chi connectivity index (χ2n) is 10.8. The second kappa shape index (κ2) is 13.7. The normalized spacial score (nSPS) is 33.2. The second-order valence-corrected chi connectivity index (χ2v) is 10.8. The molecule has 0 bridgehead atoms. The van der Waals surface area contributed by atoms with Gasteiger partial charge in [0.05, 0.1) is 6.67 Å². The smallest absolute Gasteiger partial charge is 0.123 e. The summed E-state index contributed by atoms with van der Waals surface area (Å²) in [6.07, 6.45) is 17.3. The molecule has 0 atom stereocenters. The molecule has 0 nitrogen and oxygen atoms in total. The van der Waals surface area contributed by atoms with Crippen LogP contribution in [0.2, 0.25) is 0 Å². The van der Waals surface area contributed by atoms with Gasteiger partial charge in [0.2, 0.25) is 0 Å². The van der Waals surface area contributed by atoms with Gasteiger partial charge in [-0.3, -0.25) is 4.39 Å². The molecule has 0 heterocycles. The molecule has 0 N–H and O–H groups in total. The summed E-state index contributed by atoms with van der Waals surface area (Å²) in [4.78, 5) is 0. The van der Waals surface area contributed by atoms with Gasteiger partial charge < -0.3 is 0 Å². The average Bonchev–Trinajstić information content (AvgIpc) is 2.82. The minimum Gasteiger partial charge on any atom is -0.251 e. The maximum atomic E-state index is 12.9. The first kappa shape index (κ1) is 25.6. The van der Waals surface area contributed by atoms with E-state index < -0.39 is 6.17 Å². The third-order valence-corrected chi connectivity index (χ3v) is 8.64. The van der Waals surface area contributed by atoms with Gasteiger partial charge in [-0.1, -0.05) is 57.6 Å². The lowest BCUT2D eigenvalue weighted by Crippen LogP contribution is -2.26. The first-order chi connectivity index (χ1) is 15.6. The maximum absolute atomic E-state index is 12.9. The molecule has 0 radical (unpaired) electrons. The highest BCUT2D eigenvalue weighted by molar-refractivity contribution is 5.21. The molecule has 3 saturated carbocycles. The van der Waals surface area contributed by atoms with Crippen LogP contribution in [0, 0.1) is 29.5 Å². The Labute approximate surface area is 194 Å². The molecule has 0 saturated heterocycles. The van der Waals surface area contributed by atoms with Crippen molar-refractivity contribution >= 4 is 0 Å². The van der Waals surface area contributed by atoms with Crippen molar-refractivity contribution in [1.82, 2.24) is 0 Å². The van der Waals surface area contributed by atoms with E-state index in [1.54, 1.807) is 12.1 Å². The molecule has 3 aliphatic carbocycles. The summed E-state index contributed by atoms with van der Waals surface area (Å²) in [5.41, 5.74) is 1.02. The molecule has 182 valence electrons. The Kier molecular flexibility index (Phi) is 10.9. The molecule has 1 aromatic carbocycles. The van der Waals surface area contributed by atoms with Gasteiger partial charge in [0.15, 0.2) is 0 Å². The van der Waals surface area contributed by atoms with Gasteiger partial charge in [-0.25, -0.2) is 8.78 Å². The fourth-order valence-electron chi connectivity index (χ4n) is 6.61. The number of hydrogen-bond donors (Lipinski definition) is 0. The first-order valence-electron chi connectivity index (χ1n) is 13.5. The van der Waals surface area contributed by atoms with Crippen LogP contribution in [0.1, 0.15) is 115 Å². The SMILES string of the molecule is CCCC1CCC(C2CCC(CCF)CC2)CC1.Fc1cccc(C2CCC(F)CC2)c1. The highest BCUT2D eigenvalue weighted by atomic mass is 19.1. The van der Waals surface area contributed by atoms with E-state index in [1.807, 2.05) is 6.07 Å². The fraction of sp³-hybridized carbons (Fsp3) is 0.793. The Hall–Kier alpha value is -0.990. The van der Waals surface area contributed by atoms with E-state index in [0.717, 1.165) is 42.6 Å². The summed E-state index contributed by atoms with van der Waals surface area (Å²) in [6, 6.07) is 6.69. The zero-order chi connectivity index (χ0) is 22.8. The third kappa shape index (κ3) is 8.10. The van der Waals surface area contributed by atoms with Crippen LogP contribution in [-0.2, 0) is 0 Å². The predicted octanol–water partition coefficient (Wildman–Crippen LogP) is 9.58. The molecule has 3 heteroatoms. The molecule has 0 aliphatic heterocycles. The van der Waals surface area contributed by atoms with Crippen LogP contribution < -0.4 is 0 Å². The topological polar surface area (TPSA) is 0 Å². The van der Waals surface area contributed by atoms with Crippen LogP contribution in [0.15, 0.2) is 24.3 Å². The Balaban J connectivity index is 0.000000186. The maximum Gasteiger partial charge on any atom is 0.123 e. The molecule has 0 spiro atoms. The van der Waals surface area contributed by atoms with Crippen LogP contribution in [0.5, 0.6) is 0 Å². The number of rotatable bonds is 6. The molecule has 0 unspecified atom stereocenters. The van der Waals surface area contributed by atoms with Gasteiger partial charge in [0.1, 0.15) is 12.0 Å². The number of alkyl halides is 2. The summed E-state index contributed by atoms with van der Waals surface area (Å²) >= 11 is 0. The Morgan fingerprint density at radius 3 is 1.81 bits per heavy atom. The van der Waals surface area contributed by atoms with Gasteiger partial charge in [-0.2, -0.15) is 0 Å². The van der Waals surface area contributed by atoms with Gasteiger partial charge in [-0.05, 0) is 105 Å². The highest BCUT2D eigenvalue weighted by Crippen LogP contribution is 2.42. The largest absolute Gasteiger partial charge is 0.251 e. The molecular formula is C29H45F3.